The number of likely N-dealkylation sites (N-methyl/N-ethyl adjacent to an activating group) is 1. The van der Waals surface area contributed by atoms with Crippen LogP contribution >= 0.6 is 11.3 Å². The van der Waals surface area contributed by atoms with Gasteiger partial charge in [-0.25, -0.2) is 4.99 Å². The van der Waals surface area contributed by atoms with Crippen molar-refractivity contribution in [1.29, 1.82) is 0 Å². The van der Waals surface area contributed by atoms with E-state index in [1.165, 1.54) is 15.6 Å². The predicted octanol–water partition coefficient (Wildman–Crippen LogP) is 3.94. The maximum Gasteiger partial charge on any atom is 0.194 e. The van der Waals surface area contributed by atoms with Crippen LogP contribution in [0, 0.1) is 0 Å². The Hall–Kier alpha value is -2.40. The molecular weight excluding hydrogens is 328 g/mol. The summed E-state index contributed by atoms with van der Waals surface area (Å²) in [5, 5.41) is 7.89. The van der Waals surface area contributed by atoms with Gasteiger partial charge in [-0.2, -0.15) is 0 Å². The van der Waals surface area contributed by atoms with Crippen molar-refractivity contribution >= 4 is 28.1 Å². The predicted molar refractivity (Wildman–Crippen MR) is 107 cm³/mol. The summed E-state index contributed by atoms with van der Waals surface area (Å²) in [6.07, 6.45) is 2.89. The number of fused-ring (bicyclic) bond motifs is 1. The molecule has 5 heteroatoms. The van der Waals surface area contributed by atoms with Crippen molar-refractivity contribution in [3.63, 3.8) is 0 Å². The van der Waals surface area contributed by atoms with Crippen molar-refractivity contribution in [2.75, 3.05) is 20.1 Å². The zero-order chi connectivity index (χ0) is 17.5. The van der Waals surface area contributed by atoms with Gasteiger partial charge in [-0.1, -0.05) is 30.3 Å². The molecule has 0 radical (unpaired) electrons. The quantitative estimate of drug-likeness (QED) is 0.540. The molecule has 3 aromatic rings. The number of thiophene rings is 1. The lowest BCUT2D eigenvalue weighted by atomic mass is 10.1. The smallest absolute Gasteiger partial charge is 0.194 e. The molecule has 0 aliphatic rings. The first kappa shape index (κ1) is 17.4. The largest absolute Gasteiger partial charge is 0.357 e. The molecule has 4 nitrogen and oxygen atoms in total. The summed E-state index contributed by atoms with van der Waals surface area (Å²) in [5.74, 6) is 0.925. The van der Waals surface area contributed by atoms with Crippen LogP contribution in [0.1, 0.15) is 17.5 Å². The number of pyridine rings is 1. The van der Waals surface area contributed by atoms with Gasteiger partial charge in [0, 0.05) is 36.6 Å². The molecule has 130 valence electrons. The van der Waals surface area contributed by atoms with Crippen molar-refractivity contribution in [2.45, 2.75) is 19.9 Å². The molecule has 0 amide bonds. The summed E-state index contributed by atoms with van der Waals surface area (Å²) >= 11 is 1.80. The first-order valence-corrected chi connectivity index (χ1v) is 9.50. The van der Waals surface area contributed by atoms with E-state index in [0.29, 0.717) is 6.54 Å². The van der Waals surface area contributed by atoms with E-state index < -0.39 is 0 Å². The van der Waals surface area contributed by atoms with Gasteiger partial charge in [0.25, 0.3) is 0 Å². The molecule has 0 saturated heterocycles. The highest BCUT2D eigenvalue weighted by atomic mass is 32.1. The van der Waals surface area contributed by atoms with Gasteiger partial charge in [0.1, 0.15) is 0 Å². The topological polar surface area (TPSA) is 40.5 Å². The molecule has 0 fully saturated rings. The lowest BCUT2D eigenvalue weighted by Gasteiger charge is -2.21. The molecule has 3 rings (SSSR count). The fourth-order valence-corrected chi connectivity index (χ4v) is 3.46. The Morgan fingerprint density at radius 1 is 1.20 bits per heavy atom. The Kier molecular flexibility index (Phi) is 6.01. The Morgan fingerprint density at radius 3 is 2.88 bits per heavy atom. The van der Waals surface area contributed by atoms with E-state index in [2.05, 4.69) is 71.0 Å². The van der Waals surface area contributed by atoms with Gasteiger partial charge in [0.05, 0.1) is 12.2 Å². The van der Waals surface area contributed by atoms with Crippen molar-refractivity contribution in [2.24, 2.45) is 4.99 Å². The fraction of sp³-hybridized carbons (Fsp3) is 0.300. The first-order valence-electron chi connectivity index (χ1n) is 8.62. The zero-order valence-corrected chi connectivity index (χ0v) is 15.6. The lowest BCUT2D eigenvalue weighted by Crippen LogP contribution is -2.39. The SMILES string of the molecule is CCNC(=NCc1nccc2ccccc12)N(C)CCc1cccs1. The number of aromatic nitrogens is 1. The van der Waals surface area contributed by atoms with Gasteiger partial charge < -0.3 is 10.2 Å². The van der Waals surface area contributed by atoms with Crippen molar-refractivity contribution in [3.05, 3.63) is 64.6 Å². The van der Waals surface area contributed by atoms with E-state index in [9.17, 15) is 0 Å². The van der Waals surface area contributed by atoms with Crippen LogP contribution in [-0.2, 0) is 13.0 Å². The molecule has 2 aromatic heterocycles. The molecule has 0 bridgehead atoms. The van der Waals surface area contributed by atoms with Gasteiger partial charge in [0.15, 0.2) is 5.96 Å². The highest BCUT2D eigenvalue weighted by Gasteiger charge is 2.07. The molecule has 0 spiro atoms. The molecular formula is C20H24N4S. The molecule has 0 atom stereocenters. The van der Waals surface area contributed by atoms with Gasteiger partial charge in [-0.3, -0.25) is 4.98 Å². The zero-order valence-electron chi connectivity index (χ0n) is 14.8. The number of nitrogens with one attached hydrogen (secondary N) is 1. The molecule has 1 aromatic carbocycles. The lowest BCUT2D eigenvalue weighted by molar-refractivity contribution is 0.486. The van der Waals surface area contributed by atoms with Crippen molar-refractivity contribution in [3.8, 4) is 0 Å². The van der Waals surface area contributed by atoms with Crippen LogP contribution in [0.5, 0.6) is 0 Å². The second-order valence-electron chi connectivity index (χ2n) is 5.90. The van der Waals surface area contributed by atoms with E-state index in [-0.39, 0.29) is 0 Å². The molecule has 25 heavy (non-hydrogen) atoms. The van der Waals surface area contributed by atoms with Gasteiger partial charge in [-0.05, 0) is 36.2 Å². The van der Waals surface area contributed by atoms with E-state index in [0.717, 1.165) is 31.2 Å². The standard InChI is InChI=1S/C20H24N4S/c1-3-21-20(24(2)13-11-17-8-6-14-25-17)23-15-19-18-9-5-4-7-16(18)10-12-22-19/h4-10,12,14H,3,11,13,15H2,1-2H3,(H,21,23). The average molecular weight is 353 g/mol. The van der Waals surface area contributed by atoms with Crippen LogP contribution in [0.4, 0.5) is 0 Å². The van der Waals surface area contributed by atoms with Crippen LogP contribution < -0.4 is 5.32 Å². The third kappa shape index (κ3) is 4.57. The molecule has 1 N–H and O–H groups in total. The Bertz CT molecular complexity index is 821. The number of hydrogen-bond acceptors (Lipinski definition) is 3. The first-order chi connectivity index (χ1) is 12.3. The van der Waals surface area contributed by atoms with Crippen LogP contribution in [-0.4, -0.2) is 36.0 Å². The summed E-state index contributed by atoms with van der Waals surface area (Å²) in [7, 11) is 2.09. The minimum Gasteiger partial charge on any atom is -0.357 e. The number of benzene rings is 1. The number of nitrogens with zero attached hydrogens (tertiary/aromatic N) is 3. The van der Waals surface area contributed by atoms with E-state index in [1.807, 2.05) is 12.3 Å². The summed E-state index contributed by atoms with van der Waals surface area (Å²) < 4.78 is 0. The third-order valence-electron chi connectivity index (χ3n) is 4.10. The van der Waals surface area contributed by atoms with Crippen LogP contribution in [0.25, 0.3) is 10.8 Å². The highest BCUT2D eigenvalue weighted by molar-refractivity contribution is 7.09. The van der Waals surface area contributed by atoms with Gasteiger partial charge in [0.2, 0.25) is 0 Å². The van der Waals surface area contributed by atoms with E-state index in [1.54, 1.807) is 11.3 Å². The van der Waals surface area contributed by atoms with Crippen LogP contribution in [0.3, 0.4) is 0 Å². The summed E-state index contributed by atoms with van der Waals surface area (Å²) in [6, 6.07) is 14.7. The van der Waals surface area contributed by atoms with Crippen LogP contribution in [0.15, 0.2) is 59.0 Å². The summed E-state index contributed by atoms with van der Waals surface area (Å²) in [5.41, 5.74) is 1.01. The maximum absolute atomic E-state index is 4.81. The Balaban J connectivity index is 1.72. The monoisotopic (exact) mass is 352 g/mol. The number of rotatable bonds is 6. The normalized spacial score (nSPS) is 11.7. The number of aliphatic imine (C=N–C) groups is 1. The Morgan fingerprint density at radius 2 is 2.08 bits per heavy atom. The second-order valence-corrected chi connectivity index (χ2v) is 6.93. The number of hydrogen-bond donors (Lipinski definition) is 1. The van der Waals surface area contributed by atoms with Gasteiger partial charge in [-0.15, -0.1) is 11.3 Å². The second kappa shape index (κ2) is 8.62. The third-order valence-corrected chi connectivity index (χ3v) is 5.04. The minimum absolute atomic E-state index is 0.576. The fourth-order valence-electron chi connectivity index (χ4n) is 2.77. The maximum atomic E-state index is 4.81. The average Bonchev–Trinajstić information content (AvgIpc) is 3.16. The minimum atomic E-state index is 0.576. The van der Waals surface area contributed by atoms with E-state index >= 15 is 0 Å². The van der Waals surface area contributed by atoms with Crippen molar-refractivity contribution < 1.29 is 0 Å². The van der Waals surface area contributed by atoms with E-state index in [4.69, 9.17) is 4.99 Å². The Labute approximate surface area is 153 Å². The molecule has 0 aliphatic heterocycles. The summed E-state index contributed by atoms with van der Waals surface area (Å²) in [6.45, 7) is 4.46. The summed E-state index contributed by atoms with van der Waals surface area (Å²) in [4.78, 5) is 12.9. The molecule has 0 aliphatic carbocycles. The van der Waals surface area contributed by atoms with Crippen molar-refractivity contribution in [1.82, 2.24) is 15.2 Å². The molecule has 2 heterocycles. The molecule has 0 saturated carbocycles. The van der Waals surface area contributed by atoms with Gasteiger partial charge >= 0.3 is 0 Å². The highest BCUT2D eigenvalue weighted by Crippen LogP contribution is 2.17. The molecule has 0 unspecified atom stereocenters. The van der Waals surface area contributed by atoms with Crippen LogP contribution in [0.2, 0.25) is 0 Å². The number of guanidine groups is 1.